The second-order valence-electron chi connectivity index (χ2n) is 6.83. The van der Waals surface area contributed by atoms with Crippen molar-refractivity contribution >= 4 is 21.8 Å². The number of urea groups is 1. The summed E-state index contributed by atoms with van der Waals surface area (Å²) in [6, 6.07) is 9.87. The zero-order chi connectivity index (χ0) is 22.5. The molecule has 0 heterocycles. The highest BCUT2D eigenvalue weighted by Gasteiger charge is 2.30. The molecule has 30 heavy (non-hydrogen) atoms. The second-order valence-corrected chi connectivity index (χ2v) is 8.40. The number of benzene rings is 2. The normalized spacial score (nSPS) is 12.9. The van der Waals surface area contributed by atoms with E-state index in [4.69, 9.17) is 4.18 Å². The van der Waals surface area contributed by atoms with Crippen molar-refractivity contribution in [3.05, 3.63) is 59.7 Å². The highest BCUT2D eigenvalue weighted by Crippen LogP contribution is 2.30. The van der Waals surface area contributed by atoms with E-state index in [2.05, 4.69) is 5.32 Å². The van der Waals surface area contributed by atoms with Crippen LogP contribution in [0.15, 0.2) is 48.5 Å². The Morgan fingerprint density at radius 3 is 2.33 bits per heavy atom. The molecule has 0 aliphatic heterocycles. The molecule has 2 rings (SSSR count). The molecule has 2 amide bonds. The minimum atomic E-state index is -4.51. The minimum absolute atomic E-state index is 0.0417. The number of rotatable bonds is 7. The van der Waals surface area contributed by atoms with E-state index in [1.165, 1.54) is 29.2 Å². The Morgan fingerprint density at radius 2 is 1.80 bits per heavy atom. The fourth-order valence-corrected chi connectivity index (χ4v) is 3.10. The molecule has 164 valence electrons. The lowest BCUT2D eigenvalue weighted by Crippen LogP contribution is -2.40. The molecule has 0 saturated carbocycles. The van der Waals surface area contributed by atoms with Crippen molar-refractivity contribution in [3.8, 4) is 5.75 Å². The first-order valence-electron chi connectivity index (χ1n) is 9.12. The van der Waals surface area contributed by atoms with Gasteiger partial charge in [0.05, 0.1) is 11.8 Å². The smallest absolute Gasteiger partial charge is 0.383 e. The second kappa shape index (κ2) is 9.38. The molecule has 1 N–H and O–H groups in total. The van der Waals surface area contributed by atoms with E-state index >= 15 is 0 Å². The van der Waals surface area contributed by atoms with Crippen LogP contribution in [0.3, 0.4) is 0 Å². The number of carbonyl (C=O) groups excluding carboxylic acids is 1. The van der Waals surface area contributed by atoms with Gasteiger partial charge in [0.15, 0.2) is 0 Å². The molecular formula is C20H23F3N2O4S. The fourth-order valence-electron chi connectivity index (χ4n) is 2.64. The van der Waals surface area contributed by atoms with Crippen LogP contribution in [0.4, 0.5) is 23.7 Å². The zero-order valence-corrected chi connectivity index (χ0v) is 17.5. The average molecular weight is 444 g/mol. The maximum absolute atomic E-state index is 12.9. The summed E-state index contributed by atoms with van der Waals surface area (Å²) in [5.74, 6) is 0.143. The molecule has 2 aromatic rings. The van der Waals surface area contributed by atoms with Crippen LogP contribution in [0.5, 0.6) is 5.75 Å². The van der Waals surface area contributed by atoms with E-state index in [9.17, 15) is 26.4 Å². The largest absolute Gasteiger partial charge is 0.416 e. The molecule has 6 nitrogen and oxygen atoms in total. The summed E-state index contributed by atoms with van der Waals surface area (Å²) in [6.45, 7) is 3.89. The van der Waals surface area contributed by atoms with Crippen LogP contribution in [0, 0.1) is 0 Å². The van der Waals surface area contributed by atoms with Gasteiger partial charge in [0.1, 0.15) is 5.75 Å². The molecular weight excluding hydrogens is 421 g/mol. The Balaban J connectivity index is 2.17. The first kappa shape index (κ1) is 23.5. The molecule has 0 radical (unpaired) electrons. The molecule has 0 saturated heterocycles. The van der Waals surface area contributed by atoms with E-state index in [1.807, 2.05) is 13.8 Å². The molecule has 1 unspecified atom stereocenters. The number of nitrogens with one attached hydrogen (secondary N) is 1. The topological polar surface area (TPSA) is 75.7 Å². The van der Waals surface area contributed by atoms with Gasteiger partial charge in [-0.05, 0) is 49.2 Å². The third-order valence-electron chi connectivity index (χ3n) is 4.35. The number of halogens is 3. The van der Waals surface area contributed by atoms with Crippen LogP contribution in [-0.4, -0.2) is 31.6 Å². The average Bonchev–Trinajstić information content (AvgIpc) is 2.65. The molecule has 0 aliphatic rings. The molecule has 0 aromatic heterocycles. The first-order valence-corrected chi connectivity index (χ1v) is 10.9. The summed E-state index contributed by atoms with van der Waals surface area (Å²) >= 11 is 0. The lowest BCUT2D eigenvalue weighted by molar-refractivity contribution is -0.137. The van der Waals surface area contributed by atoms with Crippen molar-refractivity contribution in [2.75, 3.05) is 11.6 Å². The van der Waals surface area contributed by atoms with Gasteiger partial charge in [-0.1, -0.05) is 25.1 Å². The third-order valence-corrected chi connectivity index (χ3v) is 4.84. The summed E-state index contributed by atoms with van der Waals surface area (Å²) in [7, 11) is -3.65. The summed E-state index contributed by atoms with van der Waals surface area (Å²) < 4.78 is 65.9. The third kappa shape index (κ3) is 6.94. The van der Waals surface area contributed by atoms with Crippen LogP contribution in [-0.2, 0) is 22.8 Å². The minimum Gasteiger partial charge on any atom is -0.383 e. The summed E-state index contributed by atoms with van der Waals surface area (Å²) in [5, 5.41) is 2.52. The lowest BCUT2D eigenvalue weighted by atomic mass is 10.1. The number of amides is 2. The number of hydrogen-bond acceptors (Lipinski definition) is 4. The Bertz CT molecular complexity index is 976. The summed E-state index contributed by atoms with van der Waals surface area (Å²) in [4.78, 5) is 14.3. The maximum atomic E-state index is 12.9. The van der Waals surface area contributed by atoms with Gasteiger partial charge in [-0.15, -0.1) is 0 Å². The molecule has 1 atom stereocenters. The van der Waals surface area contributed by atoms with Crippen LogP contribution in [0.1, 0.15) is 31.4 Å². The van der Waals surface area contributed by atoms with Gasteiger partial charge in [-0.25, -0.2) is 4.79 Å². The molecule has 10 heteroatoms. The Morgan fingerprint density at radius 1 is 1.17 bits per heavy atom. The Labute approximate surface area is 173 Å². The molecule has 0 bridgehead atoms. The monoisotopic (exact) mass is 444 g/mol. The van der Waals surface area contributed by atoms with Gasteiger partial charge in [0, 0.05) is 18.3 Å². The van der Waals surface area contributed by atoms with Gasteiger partial charge in [-0.2, -0.15) is 21.6 Å². The first-order chi connectivity index (χ1) is 13.9. The maximum Gasteiger partial charge on any atom is 0.416 e. The SMILES string of the molecule is CCC(C)N(Cc1ccc(OS(C)(=O)=O)cc1)C(=O)Nc1cccc(C(F)(F)F)c1. The number of nitrogens with zero attached hydrogens (tertiary/aromatic N) is 1. The highest BCUT2D eigenvalue weighted by molar-refractivity contribution is 7.86. The highest BCUT2D eigenvalue weighted by atomic mass is 32.2. The molecule has 0 aliphatic carbocycles. The number of alkyl halides is 3. The fraction of sp³-hybridized carbons (Fsp3) is 0.350. The number of anilines is 1. The van der Waals surface area contributed by atoms with E-state index in [0.717, 1.165) is 18.4 Å². The van der Waals surface area contributed by atoms with Crippen LogP contribution < -0.4 is 9.50 Å². The van der Waals surface area contributed by atoms with Crippen LogP contribution in [0.25, 0.3) is 0 Å². The van der Waals surface area contributed by atoms with E-state index in [1.54, 1.807) is 12.1 Å². The Kier molecular flexibility index (Phi) is 7.35. The van der Waals surface area contributed by atoms with Gasteiger partial charge in [0.2, 0.25) is 0 Å². The molecule has 0 spiro atoms. The lowest BCUT2D eigenvalue weighted by Gasteiger charge is -2.29. The van der Waals surface area contributed by atoms with Crippen molar-refractivity contribution in [3.63, 3.8) is 0 Å². The van der Waals surface area contributed by atoms with E-state index in [-0.39, 0.29) is 24.0 Å². The van der Waals surface area contributed by atoms with Crippen molar-refractivity contribution < 1.29 is 30.6 Å². The van der Waals surface area contributed by atoms with Gasteiger partial charge < -0.3 is 14.4 Å². The number of hydrogen-bond donors (Lipinski definition) is 1. The van der Waals surface area contributed by atoms with Gasteiger partial charge in [0.25, 0.3) is 0 Å². The van der Waals surface area contributed by atoms with Crippen LogP contribution in [0.2, 0.25) is 0 Å². The van der Waals surface area contributed by atoms with Crippen LogP contribution >= 0.6 is 0 Å². The van der Waals surface area contributed by atoms with Crippen molar-refractivity contribution in [2.24, 2.45) is 0 Å². The Hall–Kier alpha value is -2.75. The predicted octanol–water partition coefficient (Wildman–Crippen LogP) is 4.88. The zero-order valence-electron chi connectivity index (χ0n) is 16.7. The van der Waals surface area contributed by atoms with Gasteiger partial charge >= 0.3 is 22.3 Å². The van der Waals surface area contributed by atoms with Crippen molar-refractivity contribution in [1.82, 2.24) is 4.90 Å². The van der Waals surface area contributed by atoms with Gasteiger partial charge in [-0.3, -0.25) is 0 Å². The van der Waals surface area contributed by atoms with E-state index < -0.39 is 27.9 Å². The van der Waals surface area contributed by atoms with E-state index in [0.29, 0.717) is 12.0 Å². The summed E-state index contributed by atoms with van der Waals surface area (Å²) in [6.07, 6.45) is -2.94. The quantitative estimate of drug-likeness (QED) is 0.618. The van der Waals surface area contributed by atoms with Crippen molar-refractivity contribution in [1.29, 1.82) is 0 Å². The van der Waals surface area contributed by atoms with Crippen molar-refractivity contribution in [2.45, 2.75) is 39.0 Å². The standard InChI is InChI=1S/C20H23F3N2O4S/c1-4-14(2)25(13-15-8-10-18(11-9-15)29-30(3,27)28)19(26)24-17-7-5-6-16(12-17)20(21,22)23/h5-12,14H,4,13H2,1-3H3,(H,24,26). The number of carbonyl (C=O) groups is 1. The predicted molar refractivity (Wildman–Crippen MR) is 108 cm³/mol. The molecule has 2 aromatic carbocycles. The summed E-state index contributed by atoms with van der Waals surface area (Å²) in [5.41, 5.74) is -0.104. The molecule has 0 fully saturated rings.